The Morgan fingerprint density at radius 1 is 1.19 bits per heavy atom. The van der Waals surface area contributed by atoms with Crippen molar-refractivity contribution in [3.05, 3.63) is 47.3 Å². The Morgan fingerprint density at radius 2 is 2.00 bits per heavy atom. The van der Waals surface area contributed by atoms with Gasteiger partial charge < -0.3 is 19.5 Å². The number of ether oxygens (including phenoxy) is 1. The number of hydrogen-bond acceptors (Lipinski definition) is 5. The fourth-order valence-corrected chi connectivity index (χ4v) is 3.57. The summed E-state index contributed by atoms with van der Waals surface area (Å²) in [6.45, 7) is 13.3. The van der Waals surface area contributed by atoms with E-state index in [0.29, 0.717) is 0 Å². The molecule has 0 bridgehead atoms. The predicted molar refractivity (Wildman–Crippen MR) is 135 cm³/mol. The molecule has 1 aliphatic heterocycles. The van der Waals surface area contributed by atoms with Gasteiger partial charge in [0.05, 0.1) is 12.3 Å². The van der Waals surface area contributed by atoms with E-state index in [1.807, 2.05) is 19.1 Å². The minimum Gasteiger partial charge on any atom is -0.494 e. The van der Waals surface area contributed by atoms with Crippen molar-refractivity contribution in [2.24, 2.45) is 4.99 Å². The van der Waals surface area contributed by atoms with E-state index in [0.717, 1.165) is 88.4 Å². The molecule has 0 spiro atoms. The van der Waals surface area contributed by atoms with E-state index in [2.05, 4.69) is 52.3 Å². The number of halogens is 1. The molecule has 0 aliphatic carbocycles. The quantitative estimate of drug-likeness (QED) is 0.297. The van der Waals surface area contributed by atoms with Gasteiger partial charge in [-0.2, -0.15) is 0 Å². The highest BCUT2D eigenvalue weighted by molar-refractivity contribution is 14.0. The highest BCUT2D eigenvalue weighted by Gasteiger charge is 2.20. The lowest BCUT2D eigenvalue weighted by Crippen LogP contribution is -2.52. The molecule has 1 aliphatic rings. The lowest BCUT2D eigenvalue weighted by molar-refractivity contribution is 0.169. The van der Waals surface area contributed by atoms with Gasteiger partial charge >= 0.3 is 0 Å². The minimum absolute atomic E-state index is 0. The standard InChI is InChI=1S/C23H35N5O2.HI/c1-4-15-29-22-8-6-7-20(17-22)9-10-25-23(24-5-2)28-13-11-27(12-14-28)18-21-16-19(3)30-26-21;/h6-8,16-17H,4-5,9-15,18H2,1-3H3,(H,24,25);1H. The van der Waals surface area contributed by atoms with Gasteiger partial charge in [-0.05, 0) is 44.4 Å². The Hall–Kier alpha value is -1.81. The van der Waals surface area contributed by atoms with Gasteiger partial charge in [-0.3, -0.25) is 9.89 Å². The first-order chi connectivity index (χ1) is 14.7. The average molecular weight is 541 g/mol. The Labute approximate surface area is 203 Å². The molecule has 7 nitrogen and oxygen atoms in total. The number of aryl methyl sites for hydroxylation is 1. The van der Waals surface area contributed by atoms with Gasteiger partial charge in [-0.15, -0.1) is 24.0 Å². The van der Waals surface area contributed by atoms with E-state index < -0.39 is 0 Å². The molecule has 31 heavy (non-hydrogen) atoms. The zero-order chi connectivity index (χ0) is 21.2. The van der Waals surface area contributed by atoms with Crippen LogP contribution in [0.15, 0.2) is 39.8 Å². The summed E-state index contributed by atoms with van der Waals surface area (Å²) in [4.78, 5) is 9.65. The smallest absolute Gasteiger partial charge is 0.194 e. The third kappa shape index (κ3) is 8.33. The van der Waals surface area contributed by atoms with Crippen LogP contribution in [0.25, 0.3) is 0 Å². The normalized spacial score (nSPS) is 14.9. The van der Waals surface area contributed by atoms with Crippen LogP contribution in [0.3, 0.4) is 0 Å². The largest absolute Gasteiger partial charge is 0.494 e. The summed E-state index contributed by atoms with van der Waals surface area (Å²) < 4.78 is 10.9. The second-order valence-corrected chi connectivity index (χ2v) is 7.67. The number of aliphatic imine (C=N–C) groups is 1. The predicted octanol–water partition coefficient (Wildman–Crippen LogP) is 3.72. The fourth-order valence-electron chi connectivity index (χ4n) is 3.57. The maximum atomic E-state index is 5.74. The van der Waals surface area contributed by atoms with E-state index >= 15 is 0 Å². The first-order valence-electron chi connectivity index (χ1n) is 11.1. The molecule has 0 saturated carbocycles. The van der Waals surface area contributed by atoms with Gasteiger partial charge in [0.1, 0.15) is 11.5 Å². The summed E-state index contributed by atoms with van der Waals surface area (Å²) >= 11 is 0. The summed E-state index contributed by atoms with van der Waals surface area (Å²) in [7, 11) is 0. The third-order valence-electron chi connectivity index (χ3n) is 5.10. The Morgan fingerprint density at radius 3 is 2.68 bits per heavy atom. The molecule has 1 aromatic carbocycles. The summed E-state index contributed by atoms with van der Waals surface area (Å²) in [5, 5.41) is 7.56. The molecule has 1 N–H and O–H groups in total. The van der Waals surface area contributed by atoms with Crippen LogP contribution in [0.5, 0.6) is 5.75 Å². The van der Waals surface area contributed by atoms with Crippen LogP contribution in [0.1, 0.15) is 37.3 Å². The number of hydrogen-bond donors (Lipinski definition) is 1. The van der Waals surface area contributed by atoms with E-state index in [-0.39, 0.29) is 24.0 Å². The molecule has 2 aromatic rings. The van der Waals surface area contributed by atoms with E-state index in [1.165, 1.54) is 5.56 Å². The van der Waals surface area contributed by atoms with Crippen molar-refractivity contribution < 1.29 is 9.26 Å². The number of guanidine groups is 1. The first-order valence-corrected chi connectivity index (χ1v) is 11.1. The number of piperazine rings is 1. The van der Waals surface area contributed by atoms with Crippen LogP contribution in [0.4, 0.5) is 0 Å². The zero-order valence-electron chi connectivity index (χ0n) is 19.0. The third-order valence-corrected chi connectivity index (χ3v) is 5.10. The molecule has 172 valence electrons. The molecular weight excluding hydrogens is 505 g/mol. The van der Waals surface area contributed by atoms with Crippen LogP contribution >= 0.6 is 24.0 Å². The van der Waals surface area contributed by atoms with Crippen molar-refractivity contribution in [3.63, 3.8) is 0 Å². The molecular formula is C23H36IN5O2. The van der Waals surface area contributed by atoms with Gasteiger partial charge in [0.25, 0.3) is 0 Å². The number of rotatable bonds is 9. The molecule has 3 rings (SSSR count). The van der Waals surface area contributed by atoms with Crippen molar-refractivity contribution in [1.29, 1.82) is 0 Å². The van der Waals surface area contributed by atoms with E-state index in [4.69, 9.17) is 14.3 Å². The van der Waals surface area contributed by atoms with Crippen molar-refractivity contribution in [1.82, 2.24) is 20.3 Å². The van der Waals surface area contributed by atoms with Crippen LogP contribution < -0.4 is 10.1 Å². The number of aromatic nitrogens is 1. The second-order valence-electron chi connectivity index (χ2n) is 7.67. The van der Waals surface area contributed by atoms with Gasteiger partial charge in [-0.1, -0.05) is 24.2 Å². The first kappa shape index (κ1) is 25.5. The molecule has 0 amide bonds. The maximum absolute atomic E-state index is 5.74. The van der Waals surface area contributed by atoms with Crippen LogP contribution in [0, 0.1) is 6.92 Å². The molecule has 8 heteroatoms. The topological polar surface area (TPSA) is 66.1 Å². The van der Waals surface area contributed by atoms with Gasteiger partial charge in [0.2, 0.25) is 0 Å². The molecule has 1 aromatic heterocycles. The van der Waals surface area contributed by atoms with E-state index in [1.54, 1.807) is 0 Å². The number of nitrogens with zero attached hydrogens (tertiary/aromatic N) is 4. The number of nitrogens with one attached hydrogen (secondary N) is 1. The molecule has 1 fully saturated rings. The van der Waals surface area contributed by atoms with Gasteiger partial charge in [-0.25, -0.2) is 0 Å². The van der Waals surface area contributed by atoms with Gasteiger partial charge in [0.15, 0.2) is 5.96 Å². The number of benzene rings is 1. The van der Waals surface area contributed by atoms with Gasteiger partial charge in [0, 0.05) is 51.9 Å². The zero-order valence-corrected chi connectivity index (χ0v) is 21.3. The average Bonchev–Trinajstić information content (AvgIpc) is 3.17. The van der Waals surface area contributed by atoms with Crippen LogP contribution in [0.2, 0.25) is 0 Å². The summed E-state index contributed by atoms with van der Waals surface area (Å²) in [6, 6.07) is 10.4. The summed E-state index contributed by atoms with van der Waals surface area (Å²) in [5.74, 6) is 2.82. The lowest BCUT2D eigenvalue weighted by Gasteiger charge is -2.36. The fraction of sp³-hybridized carbons (Fsp3) is 0.565. The SMILES string of the molecule is CCCOc1cccc(CCN=C(NCC)N2CCN(Cc3cc(C)on3)CC2)c1.I. The van der Waals surface area contributed by atoms with Crippen LogP contribution in [-0.2, 0) is 13.0 Å². The molecule has 0 atom stereocenters. The van der Waals surface area contributed by atoms with Crippen molar-refractivity contribution in [3.8, 4) is 5.75 Å². The van der Waals surface area contributed by atoms with E-state index in [9.17, 15) is 0 Å². The lowest BCUT2D eigenvalue weighted by atomic mass is 10.1. The van der Waals surface area contributed by atoms with Crippen molar-refractivity contribution in [2.75, 3.05) is 45.9 Å². The monoisotopic (exact) mass is 541 g/mol. The Kier molecular flexibility index (Phi) is 11.1. The summed E-state index contributed by atoms with van der Waals surface area (Å²) in [5.41, 5.74) is 2.27. The van der Waals surface area contributed by atoms with Crippen molar-refractivity contribution >= 4 is 29.9 Å². The van der Waals surface area contributed by atoms with Crippen molar-refractivity contribution in [2.45, 2.75) is 40.2 Å². The highest BCUT2D eigenvalue weighted by atomic mass is 127. The molecule has 1 saturated heterocycles. The maximum Gasteiger partial charge on any atom is 0.194 e. The molecule has 0 unspecified atom stereocenters. The minimum atomic E-state index is 0. The Bertz CT molecular complexity index is 803. The molecule has 0 radical (unpaired) electrons. The summed E-state index contributed by atoms with van der Waals surface area (Å²) in [6.07, 6.45) is 1.93. The second kappa shape index (κ2) is 13.6. The highest BCUT2D eigenvalue weighted by Crippen LogP contribution is 2.14. The molecule has 2 heterocycles. The Balaban J connectivity index is 0.00000341. The van der Waals surface area contributed by atoms with Crippen LogP contribution in [-0.4, -0.2) is 66.8 Å².